The molecule has 14 nitrogen and oxygen atoms in total. The molecule has 0 spiro atoms. The molecule has 0 aromatic carbocycles. The highest BCUT2D eigenvalue weighted by Gasteiger charge is 2.53. The van der Waals surface area contributed by atoms with E-state index in [1.807, 2.05) is 32.1 Å². The van der Waals surface area contributed by atoms with E-state index in [2.05, 4.69) is 0 Å². The molecular formula is C50H77NO13. The summed E-state index contributed by atoms with van der Waals surface area (Å²) < 4.78 is 23.3. The number of allylic oxidation sites excluding steroid dienone is 6. The van der Waals surface area contributed by atoms with Gasteiger partial charge in [0.2, 0.25) is 5.79 Å². The van der Waals surface area contributed by atoms with Crippen LogP contribution in [0, 0.1) is 35.5 Å². The van der Waals surface area contributed by atoms with Gasteiger partial charge in [-0.05, 0) is 107 Å². The minimum atomic E-state index is -2.48. The highest BCUT2D eigenvalue weighted by atomic mass is 16.6. The smallest absolute Gasteiger partial charge is 0.329 e. The van der Waals surface area contributed by atoms with Gasteiger partial charge in [-0.25, -0.2) is 4.79 Å². The molecule has 4 N–H and O–H groups in total. The van der Waals surface area contributed by atoms with Crippen molar-refractivity contribution in [3.63, 3.8) is 0 Å². The quantitative estimate of drug-likeness (QED) is 0.153. The molecule has 0 radical (unpaired) electrons. The first kappa shape index (κ1) is 53.2. The fourth-order valence-electron chi connectivity index (χ4n) is 9.85. The molecular weight excluding hydrogens is 823 g/mol. The number of hydrogen-bond donors (Lipinski definition) is 4. The topological polar surface area (TPSA) is 206 Å². The second-order valence-electron chi connectivity index (χ2n) is 19.4. The number of esters is 1. The maximum absolute atomic E-state index is 14.3. The fourth-order valence-corrected chi connectivity index (χ4v) is 9.85. The van der Waals surface area contributed by atoms with Crippen molar-refractivity contribution in [2.75, 3.05) is 20.8 Å². The molecule has 4 aliphatic rings. The van der Waals surface area contributed by atoms with Crippen molar-refractivity contribution in [3.05, 3.63) is 47.6 Å². The molecule has 0 aromatic heterocycles. The van der Waals surface area contributed by atoms with Gasteiger partial charge in [0.1, 0.15) is 30.1 Å². The first-order valence-corrected chi connectivity index (χ1v) is 23.5. The van der Waals surface area contributed by atoms with Crippen LogP contribution in [0.5, 0.6) is 0 Å². The molecule has 0 unspecified atom stereocenters. The highest BCUT2D eigenvalue weighted by molar-refractivity contribution is 6.39. The third-order valence-electron chi connectivity index (χ3n) is 14.2. The summed E-state index contributed by atoms with van der Waals surface area (Å²) in [6.07, 6.45) is 9.53. The van der Waals surface area contributed by atoms with E-state index in [9.17, 15) is 44.4 Å². The number of aliphatic hydroxyl groups excluding tert-OH is 3. The van der Waals surface area contributed by atoms with Gasteiger partial charge in [0.25, 0.3) is 11.7 Å². The van der Waals surface area contributed by atoms with Crippen LogP contribution in [0.25, 0.3) is 0 Å². The van der Waals surface area contributed by atoms with E-state index < -0.39 is 83.9 Å². The maximum atomic E-state index is 14.3. The Kier molecular flexibility index (Phi) is 20.3. The van der Waals surface area contributed by atoms with Crippen molar-refractivity contribution in [1.29, 1.82) is 0 Å². The molecule has 3 fully saturated rings. The van der Waals surface area contributed by atoms with Gasteiger partial charge < -0.3 is 44.3 Å². The van der Waals surface area contributed by atoms with Gasteiger partial charge >= 0.3 is 5.97 Å². The van der Waals surface area contributed by atoms with Gasteiger partial charge in [-0.2, -0.15) is 0 Å². The lowest BCUT2D eigenvalue weighted by molar-refractivity contribution is -0.265. The van der Waals surface area contributed by atoms with Gasteiger partial charge in [0, 0.05) is 51.4 Å². The van der Waals surface area contributed by atoms with Crippen molar-refractivity contribution < 1.29 is 63.3 Å². The number of carbonyl (C=O) groups excluding carboxylic acids is 5. The van der Waals surface area contributed by atoms with Crippen molar-refractivity contribution in [1.82, 2.24) is 4.90 Å². The number of ketones is 3. The third kappa shape index (κ3) is 13.8. The van der Waals surface area contributed by atoms with Gasteiger partial charge in [0.05, 0.1) is 24.4 Å². The number of rotatable bonds is 5. The molecule has 3 heterocycles. The minimum Gasteiger partial charge on any atom is -0.460 e. The third-order valence-corrected chi connectivity index (χ3v) is 14.2. The zero-order valence-electron chi connectivity index (χ0n) is 39.6. The van der Waals surface area contributed by atoms with Crippen LogP contribution < -0.4 is 0 Å². The summed E-state index contributed by atoms with van der Waals surface area (Å²) in [5, 5.41) is 44.8. The Morgan fingerprint density at radius 1 is 0.859 bits per heavy atom. The Bertz CT molecular complexity index is 1740. The predicted octanol–water partition coefficient (Wildman–Crippen LogP) is 5.53. The number of aliphatic hydroxyl groups is 4. The predicted molar refractivity (Wildman–Crippen MR) is 240 cm³/mol. The molecule has 0 aromatic rings. The van der Waals surface area contributed by atoms with E-state index in [0.29, 0.717) is 68.9 Å². The molecule has 15 atom stereocenters. The Balaban J connectivity index is 1.69. The molecule has 3 aliphatic heterocycles. The molecule has 4 rings (SSSR count). The number of piperidine rings is 1. The summed E-state index contributed by atoms with van der Waals surface area (Å²) in [5.74, 6) is -8.24. The summed E-state index contributed by atoms with van der Waals surface area (Å²) >= 11 is 0. The van der Waals surface area contributed by atoms with Crippen LogP contribution in [-0.4, -0.2) is 130 Å². The van der Waals surface area contributed by atoms with Gasteiger partial charge in [-0.1, -0.05) is 71.1 Å². The van der Waals surface area contributed by atoms with Crippen LogP contribution in [0.3, 0.4) is 0 Å². The highest BCUT2D eigenvalue weighted by Crippen LogP contribution is 2.37. The summed E-state index contributed by atoms with van der Waals surface area (Å²) in [4.78, 5) is 71.4. The summed E-state index contributed by atoms with van der Waals surface area (Å²) in [6, 6.07) is -1.16. The lowest BCUT2D eigenvalue weighted by Crippen LogP contribution is -2.61. The second kappa shape index (κ2) is 24.4. The lowest BCUT2D eigenvalue weighted by atomic mass is 9.78. The standard InChI is InChI=1S/C50H77NO13/c1-29-15-11-10-12-16-30(2)40(53)27-37-20-18-35(7)50(60,64-37)47(57)48(58)51-22-14-13-17-38(51)49(59)63-42(32(4)25-36-19-21-39(52)43(26-36)61-8)28-41(54)31(3)24-34(6)45(56)46(62-9)44(55)33(5)23-29/h10-12,15-16,24,29,31-33,35-40,42-43,45-46,52-53,56,60H,13-14,17-23,25-28H2,1-9H3/b12-10-,15-11-,30-16-,34-24-/t29-,31-,32-,33-,35-,36+,37+,38+,39-,40+,42+,43-,45-,46+,50-/m1/s1. The summed E-state index contributed by atoms with van der Waals surface area (Å²) in [5.41, 5.74) is 1.000. The van der Waals surface area contributed by atoms with E-state index in [4.69, 9.17) is 18.9 Å². The van der Waals surface area contributed by atoms with Crippen LogP contribution in [-0.2, 0) is 42.9 Å². The van der Waals surface area contributed by atoms with E-state index in [0.717, 1.165) is 4.90 Å². The number of fused-ring (bicyclic) bond motifs is 3. The molecule has 1 saturated carbocycles. The number of carbonyl (C=O) groups is 5. The van der Waals surface area contributed by atoms with E-state index in [1.165, 1.54) is 7.11 Å². The molecule has 2 bridgehead atoms. The Hall–Kier alpha value is -3.37. The first-order chi connectivity index (χ1) is 30.2. The summed E-state index contributed by atoms with van der Waals surface area (Å²) in [6.45, 7) is 12.5. The molecule has 64 heavy (non-hydrogen) atoms. The number of methoxy groups -OCH3 is 2. The van der Waals surface area contributed by atoms with E-state index >= 15 is 0 Å². The normalized spacial score (nSPS) is 40.9. The second-order valence-corrected chi connectivity index (χ2v) is 19.4. The molecule has 2 saturated heterocycles. The van der Waals surface area contributed by atoms with Gasteiger partial charge in [0.15, 0.2) is 5.78 Å². The SMILES string of the molecule is CO[C@@H]1C[C@H](C[C@@H](C)[C@@H]2CC(=O)[C@H](C)/C=C(/C)[C@@H](O)[C@@H](OC)C(=O)[C@H](C)C[C@H](C)\C=C/C=C\C=C(\C)[C@@H](O)C[C@@H]3CC[C@@H](C)[C@@](O)(O3)C(=O)C(=O)N3CCCC[C@H]3C(=O)O2)CC[C@H]1O. The largest absolute Gasteiger partial charge is 0.460 e. The maximum Gasteiger partial charge on any atom is 0.329 e. The number of cyclic esters (lactones) is 1. The molecule has 360 valence electrons. The molecule has 14 heteroatoms. The molecule has 1 aliphatic carbocycles. The van der Waals surface area contributed by atoms with Crippen LogP contribution in [0.15, 0.2) is 47.6 Å². The van der Waals surface area contributed by atoms with Crippen molar-refractivity contribution in [3.8, 4) is 0 Å². The fraction of sp³-hybridized carbons (Fsp3) is 0.740. The average molecular weight is 900 g/mol. The number of Topliss-reactive ketones (excluding diaryl/α,β-unsaturated/α-hetero) is 3. The zero-order valence-corrected chi connectivity index (χ0v) is 39.6. The Morgan fingerprint density at radius 3 is 2.27 bits per heavy atom. The number of amides is 1. The van der Waals surface area contributed by atoms with Gasteiger partial charge in [-0.3, -0.25) is 19.2 Å². The van der Waals surface area contributed by atoms with Crippen LogP contribution >= 0.6 is 0 Å². The minimum absolute atomic E-state index is 0.00489. The monoisotopic (exact) mass is 900 g/mol. The lowest BCUT2D eigenvalue weighted by Gasteiger charge is -2.42. The number of nitrogens with zero attached hydrogens (tertiary/aromatic N) is 1. The van der Waals surface area contributed by atoms with Crippen molar-refractivity contribution in [2.24, 2.45) is 35.5 Å². The van der Waals surface area contributed by atoms with E-state index in [1.54, 1.807) is 60.0 Å². The van der Waals surface area contributed by atoms with Gasteiger partial charge in [-0.15, -0.1) is 0 Å². The van der Waals surface area contributed by atoms with Crippen LogP contribution in [0.1, 0.15) is 126 Å². The Morgan fingerprint density at radius 2 is 1.58 bits per heavy atom. The van der Waals surface area contributed by atoms with Crippen molar-refractivity contribution in [2.45, 2.75) is 180 Å². The number of ether oxygens (including phenoxy) is 4. The van der Waals surface area contributed by atoms with Crippen LogP contribution in [0.4, 0.5) is 0 Å². The van der Waals surface area contributed by atoms with Crippen molar-refractivity contribution >= 4 is 29.2 Å². The van der Waals surface area contributed by atoms with E-state index in [-0.39, 0.29) is 61.2 Å². The first-order valence-electron chi connectivity index (χ1n) is 23.5. The molecule has 1 amide bonds. The van der Waals surface area contributed by atoms with Crippen LogP contribution in [0.2, 0.25) is 0 Å². The zero-order chi connectivity index (χ0) is 47.5. The number of hydrogen-bond acceptors (Lipinski definition) is 13. The Labute approximate surface area is 380 Å². The summed E-state index contributed by atoms with van der Waals surface area (Å²) in [7, 11) is 2.93. The average Bonchev–Trinajstić information content (AvgIpc) is 3.26.